The van der Waals surface area contributed by atoms with Gasteiger partial charge in [-0.15, -0.1) is 0 Å². The Kier molecular flexibility index (Phi) is 4.74. The summed E-state index contributed by atoms with van der Waals surface area (Å²) in [6.07, 6.45) is 2.17. The molecule has 0 saturated carbocycles. The van der Waals surface area contributed by atoms with Gasteiger partial charge in [-0.1, -0.05) is 0 Å². The molecule has 5 heteroatoms. The summed E-state index contributed by atoms with van der Waals surface area (Å²) in [6, 6.07) is 1.37. The molecule has 4 nitrogen and oxygen atoms in total. The fraction of sp³-hybridized carbons (Fsp3) is 0.400. The molecule has 1 amide bonds. The third kappa shape index (κ3) is 4.06. The number of aliphatic imine (C=N–C) groups is 1. The molecular weight excluding hydrogens is 212 g/mol. The summed E-state index contributed by atoms with van der Waals surface area (Å²) < 4.78 is 0. The molecule has 0 aliphatic rings. The van der Waals surface area contributed by atoms with Crippen LogP contribution in [0.15, 0.2) is 21.8 Å². The lowest BCUT2D eigenvalue weighted by Crippen LogP contribution is -2.33. The molecule has 1 rings (SSSR count). The zero-order valence-electron chi connectivity index (χ0n) is 8.40. The normalized spacial score (nSPS) is 11.5. The molecule has 0 saturated heterocycles. The molecule has 80 valence electrons. The Balaban J connectivity index is 2.25. The molecule has 1 aromatic heterocycles. The minimum atomic E-state index is -0.648. The first-order valence-corrected chi connectivity index (χ1v) is 5.54. The monoisotopic (exact) mass is 224 g/mol. The highest BCUT2D eigenvalue weighted by molar-refractivity contribution is 7.07. The van der Waals surface area contributed by atoms with Crippen LogP contribution in [0.4, 0.5) is 0 Å². The van der Waals surface area contributed by atoms with Gasteiger partial charge in [-0.3, -0.25) is 4.79 Å². The van der Waals surface area contributed by atoms with E-state index in [0.717, 1.165) is 6.42 Å². The zero-order valence-corrected chi connectivity index (χ0v) is 9.21. The number of nitrogens with zero attached hydrogens (tertiary/aromatic N) is 1. The van der Waals surface area contributed by atoms with Crippen molar-refractivity contribution in [2.45, 2.75) is 19.4 Å². The van der Waals surface area contributed by atoms with Gasteiger partial charge in [0.15, 0.2) is 0 Å². The first kappa shape index (κ1) is 11.6. The van der Waals surface area contributed by atoms with Gasteiger partial charge >= 0.3 is 0 Å². The summed E-state index contributed by atoms with van der Waals surface area (Å²) in [7, 11) is 0. The lowest BCUT2D eigenvalue weighted by atomic mass is 10.2. The van der Waals surface area contributed by atoms with Crippen LogP contribution in [0.5, 0.6) is 0 Å². The molecule has 1 unspecified atom stereocenters. The van der Waals surface area contributed by atoms with Crippen LogP contribution >= 0.6 is 11.3 Å². The average molecular weight is 224 g/mol. The summed E-state index contributed by atoms with van der Waals surface area (Å²) in [5.74, 6) is -0.242. The van der Waals surface area contributed by atoms with Crippen LogP contribution < -0.4 is 5.32 Å². The van der Waals surface area contributed by atoms with E-state index in [4.69, 9.17) is 0 Å². The maximum absolute atomic E-state index is 11.3. The highest BCUT2D eigenvalue weighted by atomic mass is 32.1. The van der Waals surface area contributed by atoms with Gasteiger partial charge < -0.3 is 5.32 Å². The van der Waals surface area contributed by atoms with Crippen molar-refractivity contribution in [3.8, 4) is 0 Å². The second-order valence-electron chi connectivity index (χ2n) is 3.07. The van der Waals surface area contributed by atoms with Crippen molar-refractivity contribution in [1.82, 2.24) is 5.32 Å². The van der Waals surface area contributed by atoms with E-state index < -0.39 is 6.04 Å². The van der Waals surface area contributed by atoms with Crippen molar-refractivity contribution in [2.24, 2.45) is 4.99 Å². The van der Waals surface area contributed by atoms with E-state index in [9.17, 15) is 9.59 Å². The highest BCUT2D eigenvalue weighted by Gasteiger charge is 2.09. The standard InChI is InChI=1S/C10H12N2O2S/c1-8(12-7-13)10(14)11-4-2-9-3-5-15-6-9/h3,5-6,8H,2,4H2,1H3,(H,11,14). The van der Waals surface area contributed by atoms with E-state index in [1.54, 1.807) is 18.3 Å². The van der Waals surface area contributed by atoms with Crippen LogP contribution in [0.1, 0.15) is 12.5 Å². The second-order valence-corrected chi connectivity index (χ2v) is 3.85. The van der Waals surface area contributed by atoms with Crippen molar-refractivity contribution >= 4 is 23.3 Å². The molecule has 0 spiro atoms. The van der Waals surface area contributed by atoms with E-state index in [1.165, 1.54) is 11.6 Å². The molecule has 0 bridgehead atoms. The molecule has 0 aliphatic carbocycles. The number of carbonyl (C=O) groups excluding carboxylic acids is 2. The molecule has 1 heterocycles. The van der Waals surface area contributed by atoms with E-state index in [2.05, 4.69) is 10.3 Å². The lowest BCUT2D eigenvalue weighted by Gasteiger charge is -2.05. The average Bonchev–Trinajstić information content (AvgIpc) is 2.71. The number of isocyanates is 1. The largest absolute Gasteiger partial charge is 0.354 e. The minimum absolute atomic E-state index is 0.242. The quantitative estimate of drug-likeness (QED) is 0.602. The number of hydrogen-bond acceptors (Lipinski definition) is 4. The second kappa shape index (κ2) is 6.11. The molecule has 15 heavy (non-hydrogen) atoms. The van der Waals surface area contributed by atoms with Gasteiger partial charge in [-0.05, 0) is 35.7 Å². The van der Waals surface area contributed by atoms with Gasteiger partial charge in [0, 0.05) is 6.54 Å². The smallest absolute Gasteiger partial charge is 0.245 e. The van der Waals surface area contributed by atoms with Gasteiger partial charge in [-0.2, -0.15) is 16.3 Å². The van der Waals surface area contributed by atoms with Crippen LogP contribution in [0.2, 0.25) is 0 Å². The van der Waals surface area contributed by atoms with Gasteiger partial charge in [0.2, 0.25) is 12.0 Å². The fourth-order valence-corrected chi connectivity index (χ4v) is 1.75. The molecule has 0 fully saturated rings. The number of amides is 1. The Hall–Kier alpha value is -1.45. The Morgan fingerprint density at radius 2 is 2.53 bits per heavy atom. The van der Waals surface area contributed by atoms with Gasteiger partial charge in [0.25, 0.3) is 0 Å². The first-order chi connectivity index (χ1) is 7.24. The summed E-state index contributed by atoms with van der Waals surface area (Å²) >= 11 is 1.63. The van der Waals surface area contributed by atoms with E-state index >= 15 is 0 Å². The van der Waals surface area contributed by atoms with Crippen LogP contribution in [0, 0.1) is 0 Å². The Labute approximate surface area is 92.0 Å². The zero-order chi connectivity index (χ0) is 11.1. The van der Waals surface area contributed by atoms with Crippen molar-refractivity contribution < 1.29 is 9.59 Å². The van der Waals surface area contributed by atoms with E-state index in [-0.39, 0.29) is 5.91 Å². The Morgan fingerprint density at radius 3 is 3.13 bits per heavy atom. The summed E-state index contributed by atoms with van der Waals surface area (Å²) in [5.41, 5.74) is 1.20. The number of carbonyl (C=O) groups is 1. The van der Waals surface area contributed by atoms with Crippen molar-refractivity contribution in [2.75, 3.05) is 6.54 Å². The van der Waals surface area contributed by atoms with Crippen LogP contribution in [0.25, 0.3) is 0 Å². The first-order valence-electron chi connectivity index (χ1n) is 4.60. The topological polar surface area (TPSA) is 58.5 Å². The van der Waals surface area contributed by atoms with Gasteiger partial charge in [0.05, 0.1) is 0 Å². The summed E-state index contributed by atoms with van der Waals surface area (Å²) in [5, 5.41) is 6.74. The summed E-state index contributed by atoms with van der Waals surface area (Å²) in [4.78, 5) is 24.5. The molecular formula is C10H12N2O2S. The molecule has 0 radical (unpaired) electrons. The number of rotatable bonds is 5. The summed E-state index contributed by atoms with van der Waals surface area (Å²) in [6.45, 7) is 2.12. The predicted molar refractivity (Wildman–Crippen MR) is 58.6 cm³/mol. The molecule has 0 aromatic carbocycles. The number of hydrogen-bond donors (Lipinski definition) is 1. The van der Waals surface area contributed by atoms with E-state index in [0.29, 0.717) is 6.54 Å². The third-order valence-electron chi connectivity index (χ3n) is 1.92. The lowest BCUT2D eigenvalue weighted by molar-refractivity contribution is -0.121. The van der Waals surface area contributed by atoms with E-state index in [1.807, 2.05) is 16.8 Å². The number of thiophene rings is 1. The highest BCUT2D eigenvalue weighted by Crippen LogP contribution is 2.05. The van der Waals surface area contributed by atoms with Gasteiger partial charge in [0.1, 0.15) is 6.04 Å². The van der Waals surface area contributed by atoms with Crippen molar-refractivity contribution in [3.05, 3.63) is 22.4 Å². The minimum Gasteiger partial charge on any atom is -0.354 e. The molecule has 1 N–H and O–H groups in total. The Morgan fingerprint density at radius 1 is 1.73 bits per heavy atom. The maximum Gasteiger partial charge on any atom is 0.245 e. The predicted octanol–water partition coefficient (Wildman–Crippen LogP) is 1.13. The van der Waals surface area contributed by atoms with Crippen LogP contribution in [0.3, 0.4) is 0 Å². The Bertz CT molecular complexity index is 356. The molecule has 0 aliphatic heterocycles. The maximum atomic E-state index is 11.3. The third-order valence-corrected chi connectivity index (χ3v) is 2.65. The molecule has 1 aromatic rings. The molecule has 1 atom stereocenters. The van der Waals surface area contributed by atoms with Crippen molar-refractivity contribution in [3.63, 3.8) is 0 Å². The van der Waals surface area contributed by atoms with Gasteiger partial charge in [-0.25, -0.2) is 4.79 Å². The number of nitrogens with one attached hydrogen (secondary N) is 1. The van der Waals surface area contributed by atoms with Crippen LogP contribution in [-0.4, -0.2) is 24.6 Å². The van der Waals surface area contributed by atoms with Crippen LogP contribution in [-0.2, 0) is 16.0 Å². The SMILES string of the molecule is CC(N=C=O)C(=O)NCCc1ccsc1. The van der Waals surface area contributed by atoms with Crippen molar-refractivity contribution in [1.29, 1.82) is 0 Å². The fourth-order valence-electron chi connectivity index (χ4n) is 1.05.